The van der Waals surface area contributed by atoms with Crippen LogP contribution in [-0.2, 0) is 24.0 Å². The average molecular weight is 488 g/mol. The van der Waals surface area contributed by atoms with Crippen LogP contribution in [0, 0.1) is 17.6 Å². The van der Waals surface area contributed by atoms with Crippen molar-refractivity contribution < 1.29 is 36.6 Å². The first kappa shape index (κ1) is 24.6. The van der Waals surface area contributed by atoms with Gasteiger partial charge >= 0.3 is 12.1 Å². The molecule has 3 rings (SSSR count). The van der Waals surface area contributed by atoms with E-state index in [0.29, 0.717) is 10.7 Å². The van der Waals surface area contributed by atoms with Gasteiger partial charge in [-0.1, -0.05) is 18.5 Å². The van der Waals surface area contributed by atoms with E-state index in [2.05, 4.69) is 0 Å². The Bertz CT molecular complexity index is 1120. The van der Waals surface area contributed by atoms with Crippen LogP contribution in [0.25, 0.3) is 5.69 Å². The minimum absolute atomic E-state index is 0.0996. The fourth-order valence-electron chi connectivity index (χ4n) is 3.41. The minimum Gasteiger partial charge on any atom is -0.481 e. The second-order valence-corrected chi connectivity index (χ2v) is 7.78. The summed E-state index contributed by atoms with van der Waals surface area (Å²) in [4.78, 5) is 11.2. The van der Waals surface area contributed by atoms with E-state index in [-0.39, 0.29) is 24.1 Å². The lowest BCUT2D eigenvalue weighted by molar-refractivity contribution is -0.142. The van der Waals surface area contributed by atoms with Crippen molar-refractivity contribution in [3.05, 3.63) is 82.1 Å². The summed E-state index contributed by atoms with van der Waals surface area (Å²) >= 11 is 5.83. The Kier molecular flexibility index (Phi) is 7.31. The van der Waals surface area contributed by atoms with Gasteiger partial charge in [-0.3, -0.25) is 4.79 Å². The third-order valence-electron chi connectivity index (χ3n) is 5.14. The Hall–Kier alpha value is -3.07. The molecule has 0 aliphatic rings. The number of nitrogens with zero attached hydrogens (tertiary/aromatic N) is 1. The number of hydrogen-bond acceptors (Lipinski definition) is 2. The number of halogens is 6. The minimum atomic E-state index is -4.72. The maximum atomic E-state index is 14.5. The molecule has 1 unspecified atom stereocenters. The van der Waals surface area contributed by atoms with Crippen molar-refractivity contribution in [2.75, 3.05) is 0 Å². The average Bonchev–Trinajstić information content (AvgIpc) is 3.16. The predicted molar refractivity (Wildman–Crippen MR) is 112 cm³/mol. The van der Waals surface area contributed by atoms with Crippen molar-refractivity contribution in [2.45, 2.75) is 32.5 Å². The second-order valence-electron chi connectivity index (χ2n) is 7.35. The molecule has 0 amide bonds. The van der Waals surface area contributed by atoms with Crippen LogP contribution < -0.4 is 4.74 Å². The van der Waals surface area contributed by atoms with Crippen LogP contribution in [0.2, 0.25) is 5.02 Å². The number of carboxylic acid groups (broad SMARTS) is 1. The number of alkyl halides is 3. The van der Waals surface area contributed by atoms with E-state index >= 15 is 0 Å². The summed E-state index contributed by atoms with van der Waals surface area (Å²) in [5.41, 5.74) is -0.914. The van der Waals surface area contributed by atoms with Crippen LogP contribution in [0.3, 0.4) is 0 Å². The van der Waals surface area contributed by atoms with Gasteiger partial charge in [0, 0.05) is 16.9 Å². The largest absolute Gasteiger partial charge is 0.481 e. The maximum absolute atomic E-state index is 14.5. The summed E-state index contributed by atoms with van der Waals surface area (Å²) in [7, 11) is 0. The molecule has 2 aromatic carbocycles. The molecule has 0 fully saturated rings. The fourth-order valence-corrected chi connectivity index (χ4v) is 3.54. The van der Waals surface area contributed by atoms with Crippen molar-refractivity contribution in [1.29, 1.82) is 0 Å². The Morgan fingerprint density at radius 2 is 1.73 bits per heavy atom. The Balaban J connectivity index is 1.91. The van der Waals surface area contributed by atoms with Crippen LogP contribution in [0.5, 0.6) is 5.75 Å². The molecule has 0 radical (unpaired) electrons. The molecule has 0 bridgehead atoms. The molecule has 1 aromatic heterocycles. The van der Waals surface area contributed by atoms with E-state index in [1.165, 1.54) is 35.0 Å². The van der Waals surface area contributed by atoms with Gasteiger partial charge in [0.1, 0.15) is 6.61 Å². The Morgan fingerprint density at radius 3 is 2.24 bits per heavy atom. The van der Waals surface area contributed by atoms with E-state index < -0.39 is 47.6 Å². The van der Waals surface area contributed by atoms with Crippen molar-refractivity contribution in [3.8, 4) is 11.4 Å². The predicted octanol–water partition coefficient (Wildman–Crippen LogP) is 6.66. The molecule has 0 saturated heterocycles. The van der Waals surface area contributed by atoms with Crippen molar-refractivity contribution >= 4 is 17.6 Å². The van der Waals surface area contributed by atoms with Gasteiger partial charge in [-0.25, -0.2) is 8.78 Å². The highest BCUT2D eigenvalue weighted by Gasteiger charge is 2.36. The van der Waals surface area contributed by atoms with Crippen molar-refractivity contribution in [2.24, 2.45) is 5.92 Å². The van der Waals surface area contributed by atoms with Crippen molar-refractivity contribution in [1.82, 2.24) is 4.57 Å². The van der Waals surface area contributed by atoms with Crippen LogP contribution >= 0.6 is 11.6 Å². The van der Waals surface area contributed by atoms with E-state index in [1.54, 1.807) is 6.92 Å². The molecule has 1 heterocycles. The number of carboxylic acids is 1. The molecule has 0 saturated carbocycles. The molecule has 1 atom stereocenters. The lowest BCUT2D eigenvalue weighted by Gasteiger charge is -2.16. The lowest BCUT2D eigenvalue weighted by atomic mass is 9.97. The summed E-state index contributed by atoms with van der Waals surface area (Å²) in [6, 6.07) is 8.67. The number of aromatic nitrogens is 1. The van der Waals surface area contributed by atoms with E-state index in [1.807, 2.05) is 0 Å². The quantitative estimate of drug-likeness (QED) is 0.361. The fraction of sp³-hybridized carbons (Fsp3) is 0.261. The Labute approximate surface area is 191 Å². The highest BCUT2D eigenvalue weighted by molar-refractivity contribution is 6.30. The number of aliphatic carboxylic acids is 1. The van der Waals surface area contributed by atoms with E-state index in [9.17, 15) is 26.7 Å². The van der Waals surface area contributed by atoms with Gasteiger partial charge in [0.2, 0.25) is 0 Å². The first-order valence-corrected chi connectivity index (χ1v) is 10.3. The van der Waals surface area contributed by atoms with E-state index in [4.69, 9.17) is 21.4 Å². The molecule has 4 nitrogen and oxygen atoms in total. The topological polar surface area (TPSA) is 51.5 Å². The monoisotopic (exact) mass is 487 g/mol. The first-order chi connectivity index (χ1) is 15.5. The van der Waals surface area contributed by atoms with Gasteiger partial charge in [0.05, 0.1) is 17.2 Å². The van der Waals surface area contributed by atoms with Gasteiger partial charge < -0.3 is 14.4 Å². The number of benzene rings is 2. The van der Waals surface area contributed by atoms with Crippen LogP contribution in [-0.4, -0.2) is 15.6 Å². The van der Waals surface area contributed by atoms with Gasteiger partial charge in [0.25, 0.3) is 0 Å². The molecule has 176 valence electrons. The van der Waals surface area contributed by atoms with Gasteiger partial charge in [-0.05, 0) is 60.9 Å². The van der Waals surface area contributed by atoms with Crippen LogP contribution in [0.4, 0.5) is 22.0 Å². The van der Waals surface area contributed by atoms with E-state index in [0.717, 1.165) is 18.2 Å². The molecular formula is C23H19ClF5NO3. The summed E-state index contributed by atoms with van der Waals surface area (Å²) in [6.45, 7) is 0.862. The standard InChI is InChI=1S/C23H19ClF5NO3/c1-2-14(22(31)32)9-13-10-18(25)21(19(26)11-13)33-12-20-17(23(27,28)29)7-8-30(20)16-5-3-15(24)4-6-16/h3-8,10-11,14H,2,9,12H2,1H3,(H,31,32). The van der Waals surface area contributed by atoms with Crippen LogP contribution in [0.1, 0.15) is 30.2 Å². The number of hydrogen-bond donors (Lipinski definition) is 1. The Morgan fingerprint density at radius 1 is 1.12 bits per heavy atom. The zero-order valence-corrected chi connectivity index (χ0v) is 18.1. The van der Waals surface area contributed by atoms with Crippen LogP contribution in [0.15, 0.2) is 48.7 Å². The molecule has 33 heavy (non-hydrogen) atoms. The third-order valence-corrected chi connectivity index (χ3v) is 5.39. The summed E-state index contributed by atoms with van der Waals surface area (Å²) < 4.78 is 76.0. The van der Waals surface area contributed by atoms with Gasteiger partial charge in [0.15, 0.2) is 17.4 Å². The zero-order valence-electron chi connectivity index (χ0n) is 17.3. The molecule has 0 spiro atoms. The highest BCUT2D eigenvalue weighted by atomic mass is 35.5. The highest BCUT2D eigenvalue weighted by Crippen LogP contribution is 2.35. The zero-order chi connectivity index (χ0) is 24.3. The summed E-state index contributed by atoms with van der Waals surface area (Å²) in [6.07, 6.45) is -3.38. The van der Waals surface area contributed by atoms with Gasteiger partial charge in [-0.15, -0.1) is 0 Å². The lowest BCUT2D eigenvalue weighted by Crippen LogP contribution is -2.16. The molecule has 0 aliphatic heterocycles. The normalized spacial score (nSPS) is 12.6. The molecule has 10 heteroatoms. The number of carbonyl (C=O) groups is 1. The SMILES string of the molecule is CCC(Cc1cc(F)c(OCc2c(C(F)(F)F)ccn2-c2ccc(Cl)cc2)c(F)c1)C(=O)O. The maximum Gasteiger partial charge on any atom is 0.418 e. The second kappa shape index (κ2) is 9.82. The summed E-state index contributed by atoms with van der Waals surface area (Å²) in [5.74, 6) is -5.04. The molecule has 0 aliphatic carbocycles. The molecular weight excluding hydrogens is 469 g/mol. The van der Waals surface area contributed by atoms with Gasteiger partial charge in [-0.2, -0.15) is 13.2 Å². The smallest absolute Gasteiger partial charge is 0.418 e. The van der Waals surface area contributed by atoms with Crippen molar-refractivity contribution in [3.63, 3.8) is 0 Å². The molecule has 1 N–H and O–H groups in total. The number of ether oxygens (including phenoxy) is 1. The first-order valence-electron chi connectivity index (χ1n) is 9.88. The molecule has 3 aromatic rings. The number of rotatable bonds is 8. The summed E-state index contributed by atoms with van der Waals surface area (Å²) in [5, 5.41) is 9.52. The third kappa shape index (κ3) is 5.65.